The van der Waals surface area contributed by atoms with Crippen molar-refractivity contribution in [3.8, 4) is 0 Å². The molecule has 0 bridgehead atoms. The number of hydrogen-bond donors (Lipinski definition) is 0. The lowest BCUT2D eigenvalue weighted by Crippen LogP contribution is -2.02. The molecule has 0 aromatic heterocycles. The zero-order valence-corrected chi connectivity index (χ0v) is 8.69. The van der Waals surface area contributed by atoms with Gasteiger partial charge < -0.3 is 5.01 Å². The largest absolute Gasteiger partial charge is 0.303 e. The van der Waals surface area contributed by atoms with Gasteiger partial charge in [-0.15, -0.1) is 0 Å². The molecule has 0 amide bonds. The smallest absolute Gasteiger partial charge is 0.159 e. The summed E-state index contributed by atoms with van der Waals surface area (Å²) in [6, 6.07) is 7.40. The lowest BCUT2D eigenvalue weighted by molar-refractivity contribution is 0.101. The van der Waals surface area contributed by atoms with Gasteiger partial charge in [-0.2, -0.15) is 5.10 Å². The first-order valence-corrected chi connectivity index (χ1v) is 4.42. The van der Waals surface area contributed by atoms with Crippen LogP contribution in [0.1, 0.15) is 22.8 Å². The van der Waals surface area contributed by atoms with Crippen LogP contribution in [0, 0.1) is 0 Å². The number of nitrogens with zero attached hydrogens (tertiary/aromatic N) is 2. The molecule has 0 saturated carbocycles. The van der Waals surface area contributed by atoms with Crippen molar-refractivity contribution >= 4 is 12.0 Å². The van der Waals surface area contributed by atoms with Gasteiger partial charge in [0.2, 0.25) is 0 Å². The molecule has 0 radical (unpaired) electrons. The minimum Gasteiger partial charge on any atom is -0.303 e. The van der Waals surface area contributed by atoms with E-state index in [-0.39, 0.29) is 5.78 Å². The highest BCUT2D eigenvalue weighted by atomic mass is 16.1. The first-order chi connectivity index (χ1) is 6.59. The van der Waals surface area contributed by atoms with Gasteiger partial charge in [0.1, 0.15) is 0 Å². The van der Waals surface area contributed by atoms with Gasteiger partial charge in [0, 0.05) is 19.7 Å². The van der Waals surface area contributed by atoms with Gasteiger partial charge in [-0.25, -0.2) is 0 Å². The van der Waals surface area contributed by atoms with Crippen molar-refractivity contribution in [3.05, 3.63) is 35.4 Å². The van der Waals surface area contributed by atoms with Gasteiger partial charge in [-0.05, 0) is 18.6 Å². The zero-order valence-electron chi connectivity index (χ0n) is 8.69. The molecule has 1 aromatic carbocycles. The van der Waals surface area contributed by atoms with Crippen molar-refractivity contribution in [1.82, 2.24) is 5.01 Å². The van der Waals surface area contributed by atoms with Crippen molar-refractivity contribution < 1.29 is 4.79 Å². The van der Waals surface area contributed by atoms with Gasteiger partial charge in [-0.1, -0.05) is 18.2 Å². The summed E-state index contributed by atoms with van der Waals surface area (Å²) in [6.45, 7) is 1.56. The van der Waals surface area contributed by atoms with Crippen LogP contribution in [-0.2, 0) is 0 Å². The fourth-order valence-electron chi connectivity index (χ4n) is 1.02. The molecule has 0 atom stereocenters. The highest BCUT2D eigenvalue weighted by Crippen LogP contribution is 2.03. The van der Waals surface area contributed by atoms with E-state index in [1.165, 1.54) is 0 Å². The normalized spacial score (nSPS) is 10.5. The van der Waals surface area contributed by atoms with E-state index >= 15 is 0 Å². The van der Waals surface area contributed by atoms with E-state index in [0.717, 1.165) is 5.56 Å². The third-order valence-corrected chi connectivity index (χ3v) is 1.73. The van der Waals surface area contributed by atoms with Crippen LogP contribution in [0.2, 0.25) is 0 Å². The van der Waals surface area contributed by atoms with Crippen LogP contribution in [0.4, 0.5) is 0 Å². The fourth-order valence-corrected chi connectivity index (χ4v) is 1.02. The van der Waals surface area contributed by atoms with E-state index in [4.69, 9.17) is 0 Å². The van der Waals surface area contributed by atoms with E-state index in [9.17, 15) is 4.79 Å². The summed E-state index contributed by atoms with van der Waals surface area (Å²) in [7, 11) is 3.71. The number of carbonyl (C=O) groups is 1. The molecule has 0 saturated heterocycles. The minimum atomic E-state index is 0.0742. The van der Waals surface area contributed by atoms with Crippen molar-refractivity contribution in [2.45, 2.75) is 6.92 Å². The highest BCUT2D eigenvalue weighted by Gasteiger charge is 1.98. The molecule has 0 unspecified atom stereocenters. The summed E-state index contributed by atoms with van der Waals surface area (Å²) in [5.74, 6) is 0.0742. The summed E-state index contributed by atoms with van der Waals surface area (Å²) >= 11 is 0. The molecule has 0 aliphatic rings. The Bertz CT molecular complexity index is 356. The Morgan fingerprint density at radius 2 is 2.14 bits per heavy atom. The average Bonchev–Trinajstić information content (AvgIpc) is 2.15. The maximum Gasteiger partial charge on any atom is 0.159 e. The van der Waals surface area contributed by atoms with E-state index in [1.807, 2.05) is 32.3 Å². The van der Waals surface area contributed by atoms with Crippen molar-refractivity contribution in [2.75, 3.05) is 14.1 Å². The maximum atomic E-state index is 11.1. The maximum absolute atomic E-state index is 11.1. The zero-order chi connectivity index (χ0) is 10.6. The van der Waals surface area contributed by atoms with E-state index in [1.54, 1.807) is 24.2 Å². The van der Waals surface area contributed by atoms with Crippen LogP contribution >= 0.6 is 0 Å². The first kappa shape index (κ1) is 10.4. The van der Waals surface area contributed by atoms with Gasteiger partial charge >= 0.3 is 0 Å². The Morgan fingerprint density at radius 3 is 2.71 bits per heavy atom. The highest BCUT2D eigenvalue weighted by molar-refractivity contribution is 5.95. The van der Waals surface area contributed by atoms with Crippen LogP contribution in [0.25, 0.3) is 0 Å². The lowest BCUT2D eigenvalue weighted by Gasteiger charge is -2.02. The van der Waals surface area contributed by atoms with Crippen molar-refractivity contribution in [3.63, 3.8) is 0 Å². The van der Waals surface area contributed by atoms with Crippen LogP contribution in [0.15, 0.2) is 29.4 Å². The Labute approximate surface area is 84.0 Å². The summed E-state index contributed by atoms with van der Waals surface area (Å²) in [5.41, 5.74) is 1.65. The SMILES string of the molecule is CC(=O)c1cccc(/C=N/N(C)C)c1. The number of ketones is 1. The molecule has 0 heterocycles. The third-order valence-electron chi connectivity index (χ3n) is 1.73. The summed E-state index contributed by atoms with van der Waals surface area (Å²) in [4.78, 5) is 11.1. The van der Waals surface area contributed by atoms with E-state index in [2.05, 4.69) is 5.10 Å². The Hall–Kier alpha value is -1.64. The van der Waals surface area contributed by atoms with Crippen LogP contribution in [0.5, 0.6) is 0 Å². The summed E-state index contributed by atoms with van der Waals surface area (Å²) in [6.07, 6.45) is 1.73. The Balaban J connectivity index is 2.89. The number of hydrogen-bond acceptors (Lipinski definition) is 3. The van der Waals surface area contributed by atoms with Crippen molar-refractivity contribution in [1.29, 1.82) is 0 Å². The van der Waals surface area contributed by atoms with E-state index in [0.29, 0.717) is 5.56 Å². The van der Waals surface area contributed by atoms with Crippen LogP contribution < -0.4 is 0 Å². The second-order valence-electron chi connectivity index (χ2n) is 3.27. The molecule has 0 aliphatic carbocycles. The molecule has 0 aliphatic heterocycles. The van der Waals surface area contributed by atoms with Gasteiger partial charge in [0.25, 0.3) is 0 Å². The minimum absolute atomic E-state index is 0.0742. The Kier molecular flexibility index (Phi) is 3.40. The quantitative estimate of drug-likeness (QED) is 0.413. The number of benzene rings is 1. The predicted molar refractivity (Wildman–Crippen MR) is 57.7 cm³/mol. The molecule has 1 aromatic rings. The third kappa shape index (κ3) is 3.01. The number of carbonyl (C=O) groups excluding carboxylic acids is 1. The van der Waals surface area contributed by atoms with Crippen LogP contribution in [0.3, 0.4) is 0 Å². The average molecular weight is 190 g/mol. The van der Waals surface area contributed by atoms with Crippen molar-refractivity contribution in [2.24, 2.45) is 5.10 Å². The van der Waals surface area contributed by atoms with Crippen LogP contribution in [-0.4, -0.2) is 31.1 Å². The number of Topliss-reactive ketones (excluding diaryl/α,β-unsaturated/α-hetero) is 1. The first-order valence-electron chi connectivity index (χ1n) is 4.42. The Morgan fingerprint density at radius 1 is 1.43 bits per heavy atom. The van der Waals surface area contributed by atoms with Gasteiger partial charge in [0.15, 0.2) is 5.78 Å². The molecule has 0 fully saturated rings. The fraction of sp³-hybridized carbons (Fsp3) is 0.273. The van der Waals surface area contributed by atoms with Gasteiger partial charge in [-0.3, -0.25) is 4.79 Å². The second kappa shape index (κ2) is 4.56. The predicted octanol–water partition coefficient (Wildman–Crippen LogP) is 1.78. The molecule has 74 valence electrons. The molecular weight excluding hydrogens is 176 g/mol. The number of rotatable bonds is 3. The van der Waals surface area contributed by atoms with Gasteiger partial charge in [0.05, 0.1) is 6.21 Å². The summed E-state index contributed by atoms with van der Waals surface area (Å²) in [5, 5.41) is 5.80. The topological polar surface area (TPSA) is 32.7 Å². The molecule has 3 heteroatoms. The molecule has 14 heavy (non-hydrogen) atoms. The summed E-state index contributed by atoms with van der Waals surface area (Å²) < 4.78 is 0. The molecule has 0 N–H and O–H groups in total. The number of hydrazone groups is 1. The molecule has 1 rings (SSSR count). The lowest BCUT2D eigenvalue weighted by atomic mass is 10.1. The molecule has 0 spiro atoms. The molecule has 3 nitrogen and oxygen atoms in total. The molecular formula is C11H14N2O. The second-order valence-corrected chi connectivity index (χ2v) is 3.27. The monoisotopic (exact) mass is 190 g/mol. The van der Waals surface area contributed by atoms with E-state index < -0.39 is 0 Å². The standard InChI is InChI=1S/C11H14N2O/c1-9(14)11-6-4-5-10(7-11)8-12-13(2)3/h4-8H,1-3H3/b12-8+.